The predicted octanol–water partition coefficient (Wildman–Crippen LogP) is 6.47. The number of H-pyrrole nitrogens is 1. The van der Waals surface area contributed by atoms with Gasteiger partial charge in [-0.25, -0.2) is 0 Å². The summed E-state index contributed by atoms with van der Waals surface area (Å²) in [5, 5.41) is 10.8. The molecule has 0 aliphatic heterocycles. The first-order valence-electron chi connectivity index (χ1n) is 11.9. The standard InChI is InChI=1S/C31H27N3O2/c1-36-27-14-8-13-26(20-27)30-21-29(33-34-30)24-15-17-25(18-16-24)31(35)32-28(23-11-6-3-7-12-23)19-22-9-4-2-5-10-22/h2-18,20-21,28H,19H2,1H3,(H,32,35)(H,33,34)/t28-/m1/s1. The summed E-state index contributed by atoms with van der Waals surface area (Å²) >= 11 is 0. The van der Waals surface area contributed by atoms with E-state index in [1.165, 1.54) is 5.56 Å². The maximum absolute atomic E-state index is 13.2. The monoisotopic (exact) mass is 473 g/mol. The van der Waals surface area contributed by atoms with E-state index in [0.29, 0.717) is 5.56 Å². The van der Waals surface area contributed by atoms with Gasteiger partial charge in [-0.1, -0.05) is 84.9 Å². The normalized spacial score (nSPS) is 11.6. The maximum Gasteiger partial charge on any atom is 0.251 e. The molecule has 0 saturated heterocycles. The molecule has 1 amide bonds. The lowest BCUT2D eigenvalue weighted by Gasteiger charge is -2.20. The van der Waals surface area contributed by atoms with Crippen molar-refractivity contribution in [3.8, 4) is 28.3 Å². The van der Waals surface area contributed by atoms with Crippen molar-refractivity contribution in [3.63, 3.8) is 0 Å². The number of nitrogens with one attached hydrogen (secondary N) is 2. The third kappa shape index (κ3) is 5.36. The number of amides is 1. The SMILES string of the molecule is COc1cccc(-c2cc(-c3ccc(C(=O)N[C@H](Cc4ccccc4)c4ccccc4)cc3)[nH]n2)c1. The number of rotatable bonds is 8. The van der Waals surface area contributed by atoms with Crippen LogP contribution in [0.25, 0.3) is 22.5 Å². The number of hydrogen-bond acceptors (Lipinski definition) is 3. The molecule has 4 aromatic carbocycles. The van der Waals surface area contributed by atoms with Gasteiger partial charge in [-0.2, -0.15) is 5.10 Å². The van der Waals surface area contributed by atoms with Crippen molar-refractivity contribution in [3.05, 3.63) is 132 Å². The lowest BCUT2D eigenvalue weighted by Crippen LogP contribution is -2.30. The van der Waals surface area contributed by atoms with Crippen molar-refractivity contribution in [1.82, 2.24) is 15.5 Å². The molecule has 5 nitrogen and oxygen atoms in total. The molecule has 0 spiro atoms. The van der Waals surface area contributed by atoms with Crippen LogP contribution in [0.1, 0.15) is 27.5 Å². The summed E-state index contributed by atoms with van der Waals surface area (Å²) in [7, 11) is 1.65. The Balaban J connectivity index is 1.32. The van der Waals surface area contributed by atoms with Crippen LogP contribution in [0.4, 0.5) is 0 Å². The van der Waals surface area contributed by atoms with Crippen molar-refractivity contribution in [2.45, 2.75) is 12.5 Å². The van der Waals surface area contributed by atoms with Crippen molar-refractivity contribution >= 4 is 5.91 Å². The van der Waals surface area contributed by atoms with Gasteiger partial charge in [0.1, 0.15) is 5.75 Å². The summed E-state index contributed by atoms with van der Waals surface area (Å²) < 4.78 is 5.32. The van der Waals surface area contributed by atoms with Crippen LogP contribution in [0.15, 0.2) is 115 Å². The molecular formula is C31H27N3O2. The van der Waals surface area contributed by atoms with Crippen LogP contribution in [0.2, 0.25) is 0 Å². The highest BCUT2D eigenvalue weighted by Crippen LogP contribution is 2.27. The Morgan fingerprint density at radius 2 is 1.56 bits per heavy atom. The molecule has 178 valence electrons. The molecule has 1 aromatic heterocycles. The summed E-state index contributed by atoms with van der Waals surface area (Å²) in [6.45, 7) is 0. The Hall–Kier alpha value is -4.64. The Kier molecular flexibility index (Phi) is 6.90. The lowest BCUT2D eigenvalue weighted by molar-refractivity contribution is 0.0936. The molecule has 0 fully saturated rings. The van der Waals surface area contributed by atoms with E-state index < -0.39 is 0 Å². The van der Waals surface area contributed by atoms with Gasteiger partial charge in [0, 0.05) is 11.1 Å². The number of aromatic amines is 1. The minimum Gasteiger partial charge on any atom is -0.497 e. The van der Waals surface area contributed by atoms with Gasteiger partial charge in [-0.15, -0.1) is 0 Å². The van der Waals surface area contributed by atoms with Gasteiger partial charge in [0.25, 0.3) is 5.91 Å². The number of benzene rings is 4. The maximum atomic E-state index is 13.2. The molecule has 0 bridgehead atoms. The van der Waals surface area contributed by atoms with Crippen LogP contribution in [0, 0.1) is 0 Å². The van der Waals surface area contributed by atoms with E-state index >= 15 is 0 Å². The summed E-state index contributed by atoms with van der Waals surface area (Å²) in [6, 6.07) is 37.5. The van der Waals surface area contributed by atoms with E-state index in [9.17, 15) is 4.79 Å². The molecule has 5 aromatic rings. The molecule has 0 aliphatic carbocycles. The fourth-order valence-electron chi connectivity index (χ4n) is 4.23. The van der Waals surface area contributed by atoms with Crippen LogP contribution in [-0.4, -0.2) is 23.2 Å². The van der Waals surface area contributed by atoms with Crippen LogP contribution in [0.5, 0.6) is 5.75 Å². The zero-order chi connectivity index (χ0) is 24.7. The van der Waals surface area contributed by atoms with Crippen molar-refractivity contribution in [2.75, 3.05) is 7.11 Å². The van der Waals surface area contributed by atoms with E-state index in [-0.39, 0.29) is 11.9 Å². The molecule has 36 heavy (non-hydrogen) atoms. The van der Waals surface area contributed by atoms with E-state index in [2.05, 4.69) is 39.8 Å². The Labute approximate surface area is 210 Å². The highest BCUT2D eigenvalue weighted by molar-refractivity contribution is 5.95. The fourth-order valence-corrected chi connectivity index (χ4v) is 4.23. The predicted molar refractivity (Wildman–Crippen MR) is 143 cm³/mol. The number of carbonyl (C=O) groups is 1. The minimum atomic E-state index is -0.126. The summed E-state index contributed by atoms with van der Waals surface area (Å²) in [6.07, 6.45) is 0.718. The molecule has 0 radical (unpaired) electrons. The first-order chi connectivity index (χ1) is 17.7. The first-order valence-corrected chi connectivity index (χ1v) is 11.9. The van der Waals surface area contributed by atoms with E-state index in [1.54, 1.807) is 7.11 Å². The highest BCUT2D eigenvalue weighted by atomic mass is 16.5. The quantitative estimate of drug-likeness (QED) is 0.272. The number of methoxy groups -OCH3 is 1. The molecule has 5 heteroatoms. The second-order valence-corrected chi connectivity index (χ2v) is 8.60. The molecule has 1 heterocycles. The number of hydrogen-bond donors (Lipinski definition) is 2. The molecule has 2 N–H and O–H groups in total. The van der Waals surface area contributed by atoms with Crippen molar-refractivity contribution < 1.29 is 9.53 Å². The summed E-state index contributed by atoms with van der Waals surface area (Å²) in [5.74, 6) is 0.682. The second kappa shape index (κ2) is 10.7. The average molecular weight is 474 g/mol. The fraction of sp³-hybridized carbons (Fsp3) is 0.0968. The third-order valence-electron chi connectivity index (χ3n) is 6.19. The van der Waals surface area contributed by atoms with Gasteiger partial charge in [0.05, 0.1) is 24.5 Å². The minimum absolute atomic E-state index is 0.104. The lowest BCUT2D eigenvalue weighted by atomic mass is 9.98. The molecule has 0 aliphatic rings. The summed E-state index contributed by atoms with van der Waals surface area (Å²) in [4.78, 5) is 13.2. The van der Waals surface area contributed by atoms with Crippen molar-refractivity contribution in [1.29, 1.82) is 0 Å². The van der Waals surface area contributed by atoms with Crippen molar-refractivity contribution in [2.24, 2.45) is 0 Å². The van der Waals surface area contributed by atoms with Gasteiger partial charge in [0.2, 0.25) is 0 Å². The van der Waals surface area contributed by atoms with Gasteiger partial charge in [-0.05, 0) is 53.4 Å². The topological polar surface area (TPSA) is 67.0 Å². The van der Waals surface area contributed by atoms with Gasteiger partial charge in [0.15, 0.2) is 0 Å². The van der Waals surface area contributed by atoms with Gasteiger partial charge >= 0.3 is 0 Å². The zero-order valence-electron chi connectivity index (χ0n) is 20.0. The van der Waals surface area contributed by atoms with Crippen LogP contribution in [-0.2, 0) is 6.42 Å². The van der Waals surface area contributed by atoms with Crippen LogP contribution in [0.3, 0.4) is 0 Å². The Morgan fingerprint density at radius 1 is 0.833 bits per heavy atom. The van der Waals surface area contributed by atoms with E-state index in [4.69, 9.17) is 4.74 Å². The third-order valence-corrected chi connectivity index (χ3v) is 6.19. The Morgan fingerprint density at radius 3 is 2.28 bits per heavy atom. The van der Waals surface area contributed by atoms with Crippen LogP contribution < -0.4 is 10.1 Å². The van der Waals surface area contributed by atoms with E-state index in [0.717, 1.165) is 40.2 Å². The number of nitrogens with zero attached hydrogens (tertiary/aromatic N) is 1. The summed E-state index contributed by atoms with van der Waals surface area (Å²) in [5.41, 5.74) is 6.50. The molecule has 0 unspecified atom stereocenters. The molecular weight excluding hydrogens is 446 g/mol. The molecule has 5 rings (SSSR count). The van der Waals surface area contributed by atoms with E-state index in [1.807, 2.05) is 91.0 Å². The second-order valence-electron chi connectivity index (χ2n) is 8.60. The largest absolute Gasteiger partial charge is 0.497 e. The number of aromatic nitrogens is 2. The molecule has 0 saturated carbocycles. The smallest absolute Gasteiger partial charge is 0.251 e. The Bertz CT molecular complexity index is 1430. The molecule has 1 atom stereocenters. The zero-order valence-corrected chi connectivity index (χ0v) is 20.0. The number of carbonyl (C=O) groups excluding carboxylic acids is 1. The number of ether oxygens (including phenoxy) is 1. The first kappa shape index (κ1) is 23.1. The average Bonchev–Trinajstić information content (AvgIpc) is 3.44. The van der Waals surface area contributed by atoms with Gasteiger partial charge in [-0.3, -0.25) is 9.89 Å². The highest BCUT2D eigenvalue weighted by Gasteiger charge is 2.17. The van der Waals surface area contributed by atoms with Gasteiger partial charge < -0.3 is 10.1 Å². The van der Waals surface area contributed by atoms with Crippen LogP contribution >= 0.6 is 0 Å².